The molecule has 1 saturated heterocycles. The molecule has 4 rings (SSSR count). The number of carbonyl (C=O) groups excluding carboxylic acids is 1. The van der Waals surface area contributed by atoms with Crippen molar-refractivity contribution in [3.05, 3.63) is 59.7 Å². The number of amides is 2. The minimum Gasteiger partial charge on any atom is -0.457 e. The number of hydrogen-bond donors (Lipinski definition) is 3. The van der Waals surface area contributed by atoms with Crippen molar-refractivity contribution in [2.45, 2.75) is 64.1 Å². The number of nitrogens with one attached hydrogen (secondary N) is 2. The van der Waals surface area contributed by atoms with Crippen LogP contribution in [-0.4, -0.2) is 70.5 Å². The Morgan fingerprint density at radius 2 is 1.60 bits per heavy atom. The topological polar surface area (TPSA) is 103 Å². The quantitative estimate of drug-likeness (QED) is 0.295. The maximum atomic E-state index is 13.1. The number of nitrogens with zero attached hydrogens (tertiary/aromatic N) is 2. The van der Waals surface area contributed by atoms with Gasteiger partial charge in [0.05, 0.1) is 6.61 Å². The van der Waals surface area contributed by atoms with Gasteiger partial charge in [-0.2, -0.15) is 0 Å². The highest BCUT2D eigenvalue weighted by Crippen LogP contribution is 2.25. The number of ether oxygens (including phenoxy) is 2. The number of carbonyl (C=O) groups is 1. The van der Waals surface area contributed by atoms with Crippen LogP contribution in [0.2, 0.25) is 0 Å². The molecule has 9 nitrogen and oxygen atoms in total. The van der Waals surface area contributed by atoms with Crippen molar-refractivity contribution in [3.8, 4) is 11.5 Å². The normalized spacial score (nSPS) is 17.9. The number of piperidine rings is 1. The lowest BCUT2D eigenvalue weighted by molar-refractivity contribution is 0.0923. The molecule has 220 valence electrons. The van der Waals surface area contributed by atoms with Crippen LogP contribution in [-0.2, 0) is 29.1 Å². The van der Waals surface area contributed by atoms with Crippen molar-refractivity contribution >= 4 is 17.3 Å². The maximum absolute atomic E-state index is 13.1. The molecule has 1 heterocycles. The molecule has 2 fully saturated rings. The Labute approximate surface area is 241 Å². The molecule has 0 spiro atoms. The Bertz CT molecular complexity index is 1050. The second kappa shape index (κ2) is 16.1. The average Bonchev–Trinajstić information content (AvgIpc) is 2.98. The van der Waals surface area contributed by atoms with E-state index in [4.69, 9.17) is 14.0 Å². The summed E-state index contributed by atoms with van der Waals surface area (Å²) in [6, 6.07) is 15.9. The SMILES string of the molecule is COCCN(C(=O)NCC1CCCCC1)C1CCN(Cc2ccc(Oc3ccc(CNS(=O)O)cc3)cc2)CC1. The van der Waals surface area contributed by atoms with Gasteiger partial charge in [-0.3, -0.25) is 9.45 Å². The maximum Gasteiger partial charge on any atom is 0.317 e. The fourth-order valence-corrected chi connectivity index (χ4v) is 5.92. The van der Waals surface area contributed by atoms with Gasteiger partial charge in [0.1, 0.15) is 11.5 Å². The molecular weight excluding hydrogens is 528 g/mol. The van der Waals surface area contributed by atoms with E-state index < -0.39 is 11.3 Å². The third-order valence-corrected chi connectivity index (χ3v) is 8.34. The summed E-state index contributed by atoms with van der Waals surface area (Å²) in [7, 11) is 1.69. The Kier molecular flexibility index (Phi) is 12.2. The number of hydrogen-bond acceptors (Lipinski definition) is 5. The predicted octanol–water partition coefficient (Wildman–Crippen LogP) is 4.91. The van der Waals surface area contributed by atoms with Gasteiger partial charge in [0, 0.05) is 52.4 Å². The number of methoxy groups -OCH3 is 1. The van der Waals surface area contributed by atoms with Crippen LogP contribution in [0, 0.1) is 5.92 Å². The van der Waals surface area contributed by atoms with Gasteiger partial charge in [-0.15, -0.1) is 0 Å². The molecule has 2 aromatic rings. The predicted molar refractivity (Wildman–Crippen MR) is 157 cm³/mol. The third-order valence-electron chi connectivity index (χ3n) is 7.95. The molecular formula is C30H44N4O5S. The smallest absolute Gasteiger partial charge is 0.317 e. The summed E-state index contributed by atoms with van der Waals surface area (Å²) in [4.78, 5) is 17.6. The zero-order chi connectivity index (χ0) is 28.2. The van der Waals surface area contributed by atoms with Crippen LogP contribution in [0.4, 0.5) is 4.79 Å². The van der Waals surface area contributed by atoms with Crippen LogP contribution in [0.1, 0.15) is 56.1 Å². The summed E-state index contributed by atoms with van der Waals surface area (Å²) in [5.74, 6) is 2.09. The minimum absolute atomic E-state index is 0.0598. The number of likely N-dealkylation sites (tertiary alicyclic amines) is 1. The lowest BCUT2D eigenvalue weighted by Gasteiger charge is -2.38. The minimum atomic E-state index is -2.03. The lowest BCUT2D eigenvalue weighted by Crippen LogP contribution is -2.52. The van der Waals surface area contributed by atoms with Gasteiger partial charge in [-0.05, 0) is 67.0 Å². The van der Waals surface area contributed by atoms with Crippen molar-refractivity contribution < 1.29 is 23.0 Å². The van der Waals surface area contributed by atoms with Crippen molar-refractivity contribution in [2.24, 2.45) is 5.92 Å². The van der Waals surface area contributed by atoms with E-state index in [9.17, 15) is 9.00 Å². The van der Waals surface area contributed by atoms with Gasteiger partial charge in [0.2, 0.25) is 11.3 Å². The molecule has 1 aliphatic carbocycles. The summed E-state index contributed by atoms with van der Waals surface area (Å²) < 4.78 is 33.3. The van der Waals surface area contributed by atoms with Crippen LogP contribution >= 0.6 is 0 Å². The molecule has 1 atom stereocenters. The standard InChI is InChI=1S/C30H44N4O5S/c1-38-20-19-34(30(35)31-21-24-5-3-2-4-6-24)27-15-17-33(18-16-27)23-26-9-13-29(14-10-26)39-28-11-7-25(8-12-28)22-32-40(36)37/h7-14,24,27,32H,2-6,15-23H2,1H3,(H,31,35)(H,36,37). The van der Waals surface area contributed by atoms with Gasteiger partial charge < -0.3 is 19.7 Å². The molecule has 0 radical (unpaired) electrons. The van der Waals surface area contributed by atoms with Gasteiger partial charge in [-0.25, -0.2) is 13.7 Å². The van der Waals surface area contributed by atoms with Crippen molar-refractivity contribution in [1.29, 1.82) is 0 Å². The first kappa shape index (κ1) is 30.5. The molecule has 40 heavy (non-hydrogen) atoms. The number of benzene rings is 2. The fourth-order valence-electron chi connectivity index (χ4n) is 5.63. The second-order valence-electron chi connectivity index (χ2n) is 10.8. The summed E-state index contributed by atoms with van der Waals surface area (Å²) in [5.41, 5.74) is 2.13. The first-order valence-electron chi connectivity index (χ1n) is 14.5. The fraction of sp³-hybridized carbons (Fsp3) is 0.567. The van der Waals surface area contributed by atoms with E-state index in [0.29, 0.717) is 31.4 Å². The van der Waals surface area contributed by atoms with Crippen molar-refractivity contribution in [1.82, 2.24) is 19.8 Å². The van der Waals surface area contributed by atoms with E-state index in [1.165, 1.54) is 37.7 Å². The molecule has 2 amide bonds. The van der Waals surface area contributed by atoms with Crippen LogP contribution in [0.15, 0.2) is 48.5 Å². The summed E-state index contributed by atoms with van der Waals surface area (Å²) in [6.45, 7) is 5.06. The van der Waals surface area contributed by atoms with Gasteiger partial charge in [0.25, 0.3) is 0 Å². The number of urea groups is 1. The van der Waals surface area contributed by atoms with E-state index in [1.807, 2.05) is 41.3 Å². The van der Waals surface area contributed by atoms with Crippen LogP contribution in [0.5, 0.6) is 11.5 Å². The van der Waals surface area contributed by atoms with E-state index >= 15 is 0 Å². The van der Waals surface area contributed by atoms with Crippen molar-refractivity contribution in [3.63, 3.8) is 0 Å². The second-order valence-corrected chi connectivity index (χ2v) is 11.6. The van der Waals surface area contributed by atoms with E-state index in [0.717, 1.165) is 50.3 Å². The molecule has 0 aromatic heterocycles. The molecule has 10 heteroatoms. The lowest BCUT2D eigenvalue weighted by atomic mass is 9.89. The summed E-state index contributed by atoms with van der Waals surface area (Å²) in [5, 5.41) is 3.23. The highest BCUT2D eigenvalue weighted by Gasteiger charge is 2.28. The van der Waals surface area contributed by atoms with E-state index in [-0.39, 0.29) is 12.1 Å². The van der Waals surface area contributed by atoms with Crippen LogP contribution in [0.3, 0.4) is 0 Å². The summed E-state index contributed by atoms with van der Waals surface area (Å²) >= 11 is -2.03. The zero-order valence-corrected chi connectivity index (χ0v) is 24.4. The Balaban J connectivity index is 1.22. The Morgan fingerprint density at radius 1 is 0.975 bits per heavy atom. The molecule has 2 aliphatic rings. The monoisotopic (exact) mass is 572 g/mol. The molecule has 1 saturated carbocycles. The molecule has 2 aromatic carbocycles. The molecule has 1 aliphatic heterocycles. The average molecular weight is 573 g/mol. The first-order valence-corrected chi connectivity index (χ1v) is 15.6. The largest absolute Gasteiger partial charge is 0.457 e. The Morgan fingerprint density at radius 3 is 2.20 bits per heavy atom. The molecule has 1 unspecified atom stereocenters. The first-order chi connectivity index (χ1) is 19.5. The molecule has 0 bridgehead atoms. The number of rotatable bonds is 13. The van der Waals surface area contributed by atoms with Gasteiger partial charge in [-0.1, -0.05) is 43.5 Å². The zero-order valence-electron chi connectivity index (χ0n) is 23.6. The van der Waals surface area contributed by atoms with Gasteiger partial charge in [0.15, 0.2) is 0 Å². The highest BCUT2D eigenvalue weighted by molar-refractivity contribution is 7.77. The van der Waals surface area contributed by atoms with Crippen LogP contribution in [0.25, 0.3) is 0 Å². The third kappa shape index (κ3) is 9.85. The highest BCUT2D eigenvalue weighted by atomic mass is 32.2. The van der Waals surface area contributed by atoms with E-state index in [2.05, 4.69) is 27.1 Å². The summed E-state index contributed by atoms with van der Waals surface area (Å²) in [6.07, 6.45) is 8.27. The van der Waals surface area contributed by atoms with Crippen molar-refractivity contribution in [2.75, 3.05) is 39.9 Å². The van der Waals surface area contributed by atoms with E-state index in [1.54, 1.807) is 7.11 Å². The molecule has 3 N–H and O–H groups in total. The van der Waals surface area contributed by atoms with Gasteiger partial charge >= 0.3 is 6.03 Å². The Hall–Kier alpha value is -2.50. The van der Waals surface area contributed by atoms with Crippen LogP contribution < -0.4 is 14.8 Å².